The predicted octanol–water partition coefficient (Wildman–Crippen LogP) is 8.02. The van der Waals surface area contributed by atoms with Crippen molar-refractivity contribution in [2.24, 2.45) is 0 Å². The van der Waals surface area contributed by atoms with Crippen LogP contribution in [0.2, 0.25) is 8.94 Å². The van der Waals surface area contributed by atoms with Gasteiger partial charge in [0.25, 0.3) is 0 Å². The molecule has 0 aliphatic heterocycles. The van der Waals surface area contributed by atoms with Gasteiger partial charge < -0.3 is 0 Å². The average molecular weight is 608 g/mol. The van der Waals surface area contributed by atoms with Crippen molar-refractivity contribution in [2.45, 2.75) is 99.8 Å². The Hall–Kier alpha value is 2.25. The summed E-state index contributed by atoms with van der Waals surface area (Å²) in [7, 11) is -1.43. The van der Waals surface area contributed by atoms with Gasteiger partial charge in [-0.15, -0.1) is 0 Å². The fraction of sp³-hybridized carbons (Fsp3) is 1.00. The van der Waals surface area contributed by atoms with Crippen molar-refractivity contribution < 1.29 is 0 Å². The van der Waals surface area contributed by atoms with E-state index in [4.69, 9.17) is 0 Å². The third-order valence-corrected chi connectivity index (χ3v) is 20.5. The molecular weight excluding hydrogens is 574 g/mol. The summed E-state index contributed by atoms with van der Waals surface area (Å²) in [6.45, 7) is 4.60. The standard InChI is InChI=1S/C16H34I2Te/c1-3-5-7-9-11-13-15-19(17,18)16-14-12-10-8-6-4-2/h3-16H2,1-2H3. The minimum atomic E-state index is -1.43. The van der Waals surface area contributed by atoms with E-state index in [0.717, 1.165) is 0 Å². The molecule has 0 aromatic carbocycles. The van der Waals surface area contributed by atoms with Gasteiger partial charge in [0.1, 0.15) is 0 Å². The van der Waals surface area contributed by atoms with E-state index in [1.54, 1.807) is 8.94 Å². The Morgan fingerprint density at radius 3 is 1.21 bits per heavy atom. The normalized spacial score (nSPS) is 12.8. The van der Waals surface area contributed by atoms with E-state index < -0.39 is 10.3 Å². The van der Waals surface area contributed by atoms with Crippen LogP contribution in [0.3, 0.4) is 0 Å². The Labute approximate surface area is 146 Å². The summed E-state index contributed by atoms with van der Waals surface area (Å²) in [5, 5.41) is 0. The summed E-state index contributed by atoms with van der Waals surface area (Å²) < 4.78 is 3.20. The van der Waals surface area contributed by atoms with Crippen LogP contribution in [0.25, 0.3) is 0 Å². The second-order valence-electron chi connectivity index (χ2n) is 5.64. The maximum absolute atomic E-state index is 2.89. The van der Waals surface area contributed by atoms with Crippen LogP contribution < -0.4 is 0 Å². The van der Waals surface area contributed by atoms with E-state index in [-0.39, 0.29) is 0 Å². The number of hydrogen-bond donors (Lipinski definition) is 0. The van der Waals surface area contributed by atoms with Crippen molar-refractivity contribution in [2.75, 3.05) is 0 Å². The average Bonchev–Trinajstić information content (AvgIpc) is 2.38. The molecule has 0 aromatic rings. The van der Waals surface area contributed by atoms with E-state index >= 15 is 0 Å². The van der Waals surface area contributed by atoms with Crippen LogP contribution in [0.1, 0.15) is 90.9 Å². The van der Waals surface area contributed by atoms with Gasteiger partial charge in [0.2, 0.25) is 0 Å². The molecule has 0 amide bonds. The second kappa shape index (κ2) is 15.2. The molecule has 0 rings (SSSR count). The van der Waals surface area contributed by atoms with Gasteiger partial charge in [-0.05, 0) is 0 Å². The molecule has 19 heavy (non-hydrogen) atoms. The quantitative estimate of drug-likeness (QED) is 0.107. The molecule has 0 aliphatic carbocycles. The molecule has 0 spiro atoms. The molecular formula is C16H34I2Te. The predicted molar refractivity (Wildman–Crippen MR) is 110 cm³/mol. The number of rotatable bonds is 14. The van der Waals surface area contributed by atoms with Gasteiger partial charge in [0, 0.05) is 0 Å². The van der Waals surface area contributed by atoms with E-state index in [1.807, 2.05) is 0 Å². The number of halogens is 2. The van der Waals surface area contributed by atoms with Crippen molar-refractivity contribution in [3.8, 4) is 0 Å². The van der Waals surface area contributed by atoms with Crippen LogP contribution in [0.15, 0.2) is 0 Å². The van der Waals surface area contributed by atoms with E-state index in [0.29, 0.717) is 0 Å². The Bertz CT molecular complexity index is 166. The minimum absolute atomic E-state index is 1.37. The molecule has 0 aliphatic rings. The van der Waals surface area contributed by atoms with Crippen LogP contribution in [0.5, 0.6) is 0 Å². The first-order valence-corrected chi connectivity index (χ1v) is 25.2. The molecule has 0 radical (unpaired) electrons. The number of hydrogen-bond acceptors (Lipinski definition) is 0. The zero-order chi connectivity index (χ0) is 14.4. The van der Waals surface area contributed by atoms with Gasteiger partial charge in [-0.2, -0.15) is 0 Å². The van der Waals surface area contributed by atoms with E-state index in [9.17, 15) is 0 Å². The number of unbranched alkanes of at least 4 members (excludes halogenated alkanes) is 10. The van der Waals surface area contributed by atoms with Gasteiger partial charge in [-0.1, -0.05) is 0 Å². The van der Waals surface area contributed by atoms with Gasteiger partial charge in [0.15, 0.2) is 0 Å². The molecule has 0 heterocycles. The molecule has 118 valence electrons. The molecule has 0 saturated heterocycles. The SMILES string of the molecule is CCCCCCCC[Te](I)(I)CCCCCCCC. The van der Waals surface area contributed by atoms with Crippen LogP contribution in [0.4, 0.5) is 0 Å². The van der Waals surface area contributed by atoms with Crippen LogP contribution in [0, 0.1) is 0 Å². The van der Waals surface area contributed by atoms with E-state index in [2.05, 4.69) is 51.2 Å². The summed E-state index contributed by atoms with van der Waals surface area (Å²) >= 11 is 5.78. The van der Waals surface area contributed by atoms with Crippen molar-refractivity contribution in [3.05, 3.63) is 0 Å². The van der Waals surface area contributed by atoms with Crippen molar-refractivity contribution >= 4 is 47.7 Å². The molecule has 0 nitrogen and oxygen atoms in total. The molecule has 0 fully saturated rings. The topological polar surface area (TPSA) is 0 Å². The van der Waals surface area contributed by atoms with E-state index in [1.165, 1.54) is 77.0 Å². The van der Waals surface area contributed by atoms with Crippen molar-refractivity contribution in [3.63, 3.8) is 0 Å². The molecule has 0 aromatic heterocycles. The zero-order valence-electron chi connectivity index (χ0n) is 13.1. The fourth-order valence-corrected chi connectivity index (χ4v) is 14.8. The van der Waals surface area contributed by atoms with Crippen LogP contribution in [-0.2, 0) is 0 Å². The van der Waals surface area contributed by atoms with Gasteiger partial charge in [-0.3, -0.25) is 0 Å². The first-order chi connectivity index (χ1) is 9.12. The first-order valence-electron chi connectivity index (χ1n) is 8.30. The van der Waals surface area contributed by atoms with Crippen molar-refractivity contribution in [1.29, 1.82) is 0 Å². The Morgan fingerprint density at radius 1 is 0.526 bits per heavy atom. The summed E-state index contributed by atoms with van der Waals surface area (Å²) in [6, 6.07) is 0. The summed E-state index contributed by atoms with van der Waals surface area (Å²) in [5.74, 6) is 0. The molecule has 0 atom stereocenters. The summed E-state index contributed by atoms with van der Waals surface area (Å²) in [4.78, 5) is 0. The molecule has 0 unspecified atom stereocenters. The maximum atomic E-state index is 2.89. The Kier molecular flexibility index (Phi) is 17.0. The van der Waals surface area contributed by atoms with Crippen LogP contribution in [-0.4, -0.2) is 10.3 Å². The fourth-order valence-electron chi connectivity index (χ4n) is 2.29. The molecule has 0 bridgehead atoms. The third kappa shape index (κ3) is 16.4. The second-order valence-corrected chi connectivity index (χ2v) is 45.9. The van der Waals surface area contributed by atoms with Gasteiger partial charge in [-0.25, -0.2) is 0 Å². The zero-order valence-corrected chi connectivity index (χ0v) is 19.7. The molecule has 0 N–H and O–H groups in total. The van der Waals surface area contributed by atoms with Crippen LogP contribution >= 0.6 is 37.4 Å². The first kappa shape index (κ1) is 21.2. The summed E-state index contributed by atoms with van der Waals surface area (Å²) in [5.41, 5.74) is 0. The Balaban J connectivity index is 3.36. The monoisotopic (exact) mass is 610 g/mol. The third-order valence-electron chi connectivity index (χ3n) is 3.59. The van der Waals surface area contributed by atoms with Crippen molar-refractivity contribution in [1.82, 2.24) is 0 Å². The molecule has 0 saturated carbocycles. The van der Waals surface area contributed by atoms with Gasteiger partial charge >= 0.3 is 148 Å². The van der Waals surface area contributed by atoms with Gasteiger partial charge in [0.05, 0.1) is 0 Å². The summed E-state index contributed by atoms with van der Waals surface area (Å²) in [6.07, 6.45) is 17.6. The Morgan fingerprint density at radius 2 is 0.842 bits per heavy atom. The molecule has 3 heteroatoms.